The van der Waals surface area contributed by atoms with Gasteiger partial charge in [-0.2, -0.15) is 15.8 Å². The van der Waals surface area contributed by atoms with Gasteiger partial charge in [-0.05, 0) is 24.1 Å². The molecule has 1 aromatic carbocycles. The molecular weight excluding hydrogens is 335 g/mol. The highest BCUT2D eigenvalue weighted by atomic mass is 19.1. The summed E-state index contributed by atoms with van der Waals surface area (Å²) in [4.78, 5) is 0. The van der Waals surface area contributed by atoms with Crippen molar-refractivity contribution >= 4 is 5.90 Å². The van der Waals surface area contributed by atoms with Gasteiger partial charge in [0.1, 0.15) is 11.9 Å². The van der Waals surface area contributed by atoms with E-state index in [1.54, 1.807) is 6.92 Å². The number of rotatable bonds is 3. The van der Waals surface area contributed by atoms with E-state index in [1.807, 2.05) is 19.1 Å². The highest BCUT2D eigenvalue weighted by Gasteiger charge is 2.79. The third-order valence-electron chi connectivity index (χ3n) is 5.44. The van der Waals surface area contributed by atoms with Gasteiger partial charge in [0.2, 0.25) is 17.1 Å². The molecule has 1 aromatic rings. The molecular formula is C19H17FN4O2. The predicted octanol–water partition coefficient (Wildman–Crippen LogP) is 3.58. The minimum atomic E-state index is -2.04. The Morgan fingerprint density at radius 3 is 2.46 bits per heavy atom. The van der Waals surface area contributed by atoms with Gasteiger partial charge < -0.3 is 9.47 Å². The van der Waals surface area contributed by atoms with Crippen LogP contribution in [-0.4, -0.2) is 11.7 Å². The van der Waals surface area contributed by atoms with E-state index in [2.05, 4.69) is 6.07 Å². The fourth-order valence-electron chi connectivity index (χ4n) is 4.29. The molecule has 2 aliphatic heterocycles. The molecule has 2 heterocycles. The molecule has 2 fully saturated rings. The van der Waals surface area contributed by atoms with Crippen molar-refractivity contribution < 1.29 is 13.9 Å². The number of nitrogens with one attached hydrogen (secondary N) is 1. The van der Waals surface area contributed by atoms with Crippen LogP contribution in [0.5, 0.6) is 0 Å². The van der Waals surface area contributed by atoms with Gasteiger partial charge in [-0.15, -0.1) is 0 Å². The van der Waals surface area contributed by atoms with Gasteiger partial charge in [-0.3, -0.25) is 5.41 Å². The van der Waals surface area contributed by atoms with E-state index in [-0.39, 0.29) is 5.56 Å². The van der Waals surface area contributed by atoms with Crippen LogP contribution in [0.3, 0.4) is 0 Å². The first-order valence-electron chi connectivity index (χ1n) is 8.30. The van der Waals surface area contributed by atoms with Gasteiger partial charge >= 0.3 is 0 Å². The lowest BCUT2D eigenvalue weighted by molar-refractivity contribution is -0.274. The molecule has 2 aliphatic rings. The van der Waals surface area contributed by atoms with Gasteiger partial charge in [-0.25, -0.2) is 4.39 Å². The number of fused-ring (bicyclic) bond motifs is 2. The molecule has 3 rings (SSSR count). The lowest BCUT2D eigenvalue weighted by Crippen LogP contribution is -2.58. The third kappa shape index (κ3) is 1.94. The maximum Gasteiger partial charge on any atom is 0.214 e. The van der Waals surface area contributed by atoms with Crippen molar-refractivity contribution in [3.05, 3.63) is 35.6 Å². The minimum Gasteiger partial charge on any atom is -0.448 e. The van der Waals surface area contributed by atoms with Crippen molar-refractivity contribution in [1.82, 2.24) is 0 Å². The molecule has 0 spiro atoms. The minimum absolute atomic E-state index is 0.257. The van der Waals surface area contributed by atoms with Crippen LogP contribution >= 0.6 is 0 Å². The molecule has 7 heteroatoms. The van der Waals surface area contributed by atoms with E-state index in [4.69, 9.17) is 14.9 Å². The summed E-state index contributed by atoms with van der Waals surface area (Å²) in [6, 6.07) is 11.3. The number of nitrogens with zero attached hydrogens (tertiary/aromatic N) is 3. The molecule has 4 unspecified atom stereocenters. The van der Waals surface area contributed by atoms with Gasteiger partial charge in [-0.1, -0.05) is 25.5 Å². The zero-order valence-corrected chi connectivity index (χ0v) is 14.4. The van der Waals surface area contributed by atoms with Gasteiger partial charge in [0.05, 0.1) is 24.1 Å². The average Bonchev–Trinajstić information content (AvgIpc) is 2.78. The van der Waals surface area contributed by atoms with Crippen LogP contribution in [0.25, 0.3) is 0 Å². The molecule has 1 N–H and O–H groups in total. The van der Waals surface area contributed by atoms with E-state index in [1.165, 1.54) is 24.3 Å². The number of benzene rings is 1. The molecule has 6 nitrogen and oxygen atoms in total. The standard InChI is InChI=1S/C19H17FN4O2/c1-3-5-14-17(2)25-15(12-6-4-7-13(20)8-12)18(9-21,10-22)19(14,11-23)16(24)26-17/h4,6-8,14-15,24H,3,5H2,1-2H3. The Morgan fingerprint density at radius 1 is 1.23 bits per heavy atom. The van der Waals surface area contributed by atoms with Gasteiger partial charge in [0.25, 0.3) is 0 Å². The van der Waals surface area contributed by atoms with Crippen LogP contribution in [0.4, 0.5) is 4.39 Å². The van der Waals surface area contributed by atoms with Crippen LogP contribution in [0.2, 0.25) is 0 Å². The highest BCUT2D eigenvalue weighted by Crippen LogP contribution is 2.67. The average molecular weight is 352 g/mol. The Labute approximate surface area is 150 Å². The number of nitriles is 3. The summed E-state index contributed by atoms with van der Waals surface area (Å²) in [6.07, 6.45) is -0.136. The summed E-state index contributed by atoms with van der Waals surface area (Å²) >= 11 is 0. The summed E-state index contributed by atoms with van der Waals surface area (Å²) in [6.45, 7) is 3.50. The summed E-state index contributed by atoms with van der Waals surface area (Å²) in [5.74, 6) is -3.01. The topological polar surface area (TPSA) is 114 Å². The largest absolute Gasteiger partial charge is 0.448 e. The van der Waals surface area contributed by atoms with Crippen LogP contribution in [0.1, 0.15) is 38.4 Å². The molecule has 0 aromatic heterocycles. The molecule has 0 saturated carbocycles. The summed E-state index contributed by atoms with van der Waals surface area (Å²) in [7, 11) is 0. The van der Waals surface area contributed by atoms with E-state index in [0.717, 1.165) is 0 Å². The van der Waals surface area contributed by atoms with Gasteiger partial charge in [0, 0.05) is 6.92 Å². The van der Waals surface area contributed by atoms with E-state index >= 15 is 0 Å². The highest BCUT2D eigenvalue weighted by molar-refractivity contribution is 5.89. The van der Waals surface area contributed by atoms with E-state index in [9.17, 15) is 20.2 Å². The summed E-state index contributed by atoms with van der Waals surface area (Å²) < 4.78 is 25.4. The Hall–Kier alpha value is -2.95. The molecule has 2 saturated heterocycles. The van der Waals surface area contributed by atoms with Crippen LogP contribution in [-0.2, 0) is 9.47 Å². The van der Waals surface area contributed by atoms with Crippen molar-refractivity contribution in [2.75, 3.05) is 0 Å². The number of ether oxygens (including phenoxy) is 2. The maximum atomic E-state index is 13.8. The Kier molecular flexibility index (Phi) is 3.98. The quantitative estimate of drug-likeness (QED) is 0.893. The molecule has 2 bridgehead atoms. The Bertz CT molecular complexity index is 882. The van der Waals surface area contributed by atoms with Crippen molar-refractivity contribution in [2.45, 2.75) is 38.6 Å². The second-order valence-electron chi connectivity index (χ2n) is 6.79. The third-order valence-corrected chi connectivity index (χ3v) is 5.44. The second-order valence-corrected chi connectivity index (χ2v) is 6.79. The van der Waals surface area contributed by atoms with E-state index in [0.29, 0.717) is 12.8 Å². The summed E-state index contributed by atoms with van der Waals surface area (Å²) in [5.41, 5.74) is -3.58. The smallest absolute Gasteiger partial charge is 0.214 e. The summed E-state index contributed by atoms with van der Waals surface area (Å²) in [5, 5.41) is 38.4. The normalized spacial score (nSPS) is 34.2. The molecule has 0 aliphatic carbocycles. The SMILES string of the molecule is CCCC1C2(C)OC(=N)C1(C#N)C(C#N)(C#N)C(c1cccc(F)c1)O2. The number of hydrogen-bond donors (Lipinski definition) is 1. The van der Waals surface area contributed by atoms with Crippen molar-refractivity contribution in [1.29, 1.82) is 21.2 Å². The molecule has 26 heavy (non-hydrogen) atoms. The first kappa shape index (κ1) is 17.9. The van der Waals surface area contributed by atoms with E-state index < -0.39 is 40.4 Å². The number of hydrogen-bond acceptors (Lipinski definition) is 6. The van der Waals surface area contributed by atoms with Crippen LogP contribution in [0.15, 0.2) is 24.3 Å². The van der Waals surface area contributed by atoms with Crippen molar-refractivity contribution in [3.8, 4) is 18.2 Å². The monoisotopic (exact) mass is 352 g/mol. The number of halogens is 1. The predicted molar refractivity (Wildman–Crippen MR) is 87.5 cm³/mol. The van der Waals surface area contributed by atoms with Crippen molar-refractivity contribution in [2.24, 2.45) is 16.7 Å². The molecule has 0 amide bonds. The Morgan fingerprint density at radius 2 is 1.92 bits per heavy atom. The van der Waals surface area contributed by atoms with Crippen LogP contribution < -0.4 is 0 Å². The first-order chi connectivity index (χ1) is 12.3. The van der Waals surface area contributed by atoms with Crippen LogP contribution in [0, 0.1) is 62.0 Å². The lowest BCUT2D eigenvalue weighted by Gasteiger charge is -2.48. The maximum absolute atomic E-state index is 13.8. The molecule has 4 atom stereocenters. The Balaban J connectivity index is 2.32. The zero-order chi connectivity index (χ0) is 19.2. The first-order valence-corrected chi connectivity index (χ1v) is 8.30. The second kappa shape index (κ2) is 5.80. The fraction of sp³-hybridized carbons (Fsp3) is 0.474. The van der Waals surface area contributed by atoms with Crippen molar-refractivity contribution in [3.63, 3.8) is 0 Å². The zero-order valence-electron chi connectivity index (χ0n) is 14.4. The molecule has 132 valence electrons. The molecule has 0 radical (unpaired) electrons. The fourth-order valence-corrected chi connectivity index (χ4v) is 4.29. The lowest BCUT2D eigenvalue weighted by atomic mass is 9.53. The van der Waals surface area contributed by atoms with Gasteiger partial charge in [0.15, 0.2) is 5.41 Å².